The van der Waals surface area contributed by atoms with Gasteiger partial charge in [-0.05, 0) is 75.5 Å². The summed E-state index contributed by atoms with van der Waals surface area (Å²) in [6, 6.07) is 31.4. The summed E-state index contributed by atoms with van der Waals surface area (Å²) < 4.78 is 0. The Morgan fingerprint density at radius 2 is 1.20 bits per heavy atom. The Hall–Kier alpha value is -5.29. The van der Waals surface area contributed by atoms with Crippen molar-refractivity contribution in [1.82, 2.24) is 25.6 Å². The van der Waals surface area contributed by atoms with Crippen molar-refractivity contribution in [2.24, 2.45) is 0 Å². The molecule has 0 aliphatic heterocycles. The van der Waals surface area contributed by atoms with E-state index in [-0.39, 0.29) is 0 Å². The normalized spacial score (nSPS) is 12.2. The molecule has 0 N–H and O–H groups in total. The number of benzene rings is 4. The van der Waals surface area contributed by atoms with Crippen LogP contribution in [-0.4, -0.2) is 25.6 Å². The Morgan fingerprint density at radius 3 is 2.00 bits per heavy atom. The lowest BCUT2D eigenvalue weighted by Crippen LogP contribution is -2.26. The maximum Gasteiger partial charge on any atom is 0.105 e. The topological polar surface area (TPSA) is 64.5 Å². The quantitative estimate of drug-likeness (QED) is 0.294. The zero-order valence-corrected chi connectivity index (χ0v) is 22.1. The lowest BCUT2D eigenvalue weighted by molar-refractivity contribution is 0.878. The van der Waals surface area contributed by atoms with Gasteiger partial charge in [0.25, 0.3) is 0 Å². The van der Waals surface area contributed by atoms with Crippen LogP contribution in [0.4, 0.5) is 0 Å². The SMILES string of the molecule is Cc1nnc2c(c1C)-c1c(-c3nnnc(-c4ccccc4)c3-c3ccccc3)cc3c(c1=C2)=Cc1ccccc1-3. The van der Waals surface area contributed by atoms with Crippen molar-refractivity contribution in [3.63, 3.8) is 0 Å². The van der Waals surface area contributed by atoms with E-state index in [9.17, 15) is 0 Å². The van der Waals surface area contributed by atoms with E-state index in [4.69, 9.17) is 5.10 Å². The summed E-state index contributed by atoms with van der Waals surface area (Å²) in [6.07, 6.45) is 4.47. The standard InChI is InChI=1S/C35H23N5/c1-20-21(2)36-37-30-19-28-26-17-24-15-9-10-16-25(24)27(26)18-29(33(28)31(20)30)35-32(22-11-5-3-6-12-22)34(38-40-39-35)23-13-7-4-8-14-23/h3-19H,1-2H3. The molecule has 188 valence electrons. The summed E-state index contributed by atoms with van der Waals surface area (Å²) in [5, 5.41) is 25.1. The molecule has 5 heteroatoms. The third-order valence-corrected chi connectivity index (χ3v) is 8.10. The number of aromatic nitrogens is 5. The predicted molar refractivity (Wildman–Crippen MR) is 158 cm³/mol. The van der Waals surface area contributed by atoms with E-state index in [0.717, 1.165) is 66.9 Å². The van der Waals surface area contributed by atoms with Gasteiger partial charge in [-0.15, -0.1) is 10.2 Å². The second-order valence-corrected chi connectivity index (χ2v) is 10.3. The van der Waals surface area contributed by atoms with Crippen molar-refractivity contribution in [1.29, 1.82) is 0 Å². The van der Waals surface area contributed by atoms with Gasteiger partial charge in [-0.3, -0.25) is 0 Å². The largest absolute Gasteiger partial charge is 0.155 e. The molecule has 2 aliphatic rings. The highest BCUT2D eigenvalue weighted by Gasteiger charge is 2.29. The molecule has 4 aromatic carbocycles. The Balaban J connectivity index is 1.53. The molecule has 0 spiro atoms. The molecule has 40 heavy (non-hydrogen) atoms. The number of fused-ring (bicyclic) bond motifs is 7. The van der Waals surface area contributed by atoms with Crippen molar-refractivity contribution < 1.29 is 0 Å². The zero-order chi connectivity index (χ0) is 26.8. The molecule has 0 unspecified atom stereocenters. The number of rotatable bonds is 3. The first kappa shape index (κ1) is 22.7. The first-order chi connectivity index (χ1) is 19.7. The molecule has 2 aliphatic carbocycles. The van der Waals surface area contributed by atoms with Gasteiger partial charge in [0.15, 0.2) is 0 Å². The van der Waals surface area contributed by atoms with Crippen LogP contribution in [0, 0.1) is 13.8 Å². The molecular weight excluding hydrogens is 490 g/mol. The van der Waals surface area contributed by atoms with E-state index in [2.05, 4.69) is 106 Å². The smallest absolute Gasteiger partial charge is 0.105 e. The van der Waals surface area contributed by atoms with E-state index in [1.165, 1.54) is 21.9 Å². The van der Waals surface area contributed by atoms with Crippen LogP contribution in [0.1, 0.15) is 22.5 Å². The Bertz CT molecular complexity index is 2120. The highest BCUT2D eigenvalue weighted by molar-refractivity contribution is 6.01. The van der Waals surface area contributed by atoms with Gasteiger partial charge in [0, 0.05) is 27.8 Å². The van der Waals surface area contributed by atoms with E-state index in [1.807, 2.05) is 31.2 Å². The van der Waals surface area contributed by atoms with E-state index in [0.29, 0.717) is 0 Å². The molecule has 0 saturated carbocycles. The van der Waals surface area contributed by atoms with Crippen LogP contribution in [0.3, 0.4) is 0 Å². The fourth-order valence-corrected chi connectivity index (χ4v) is 6.10. The van der Waals surface area contributed by atoms with E-state index < -0.39 is 0 Å². The number of nitrogens with zero attached hydrogens (tertiary/aromatic N) is 5. The maximum atomic E-state index is 4.77. The molecule has 2 heterocycles. The summed E-state index contributed by atoms with van der Waals surface area (Å²) in [6.45, 7) is 4.15. The van der Waals surface area contributed by atoms with E-state index in [1.54, 1.807) is 0 Å². The van der Waals surface area contributed by atoms with Gasteiger partial charge in [-0.25, -0.2) is 0 Å². The third kappa shape index (κ3) is 3.24. The molecule has 0 amide bonds. The van der Waals surface area contributed by atoms with Crippen molar-refractivity contribution in [2.75, 3.05) is 0 Å². The number of hydrogen-bond acceptors (Lipinski definition) is 5. The lowest BCUT2D eigenvalue weighted by atomic mass is 9.88. The summed E-state index contributed by atoms with van der Waals surface area (Å²) in [5.74, 6) is 0. The molecule has 0 bridgehead atoms. The Kier molecular flexibility index (Phi) is 4.88. The first-order valence-electron chi connectivity index (χ1n) is 13.4. The third-order valence-electron chi connectivity index (χ3n) is 8.10. The minimum absolute atomic E-state index is 0.804. The van der Waals surface area contributed by atoms with Crippen LogP contribution < -0.4 is 10.4 Å². The molecular formula is C35H23N5. The second kappa shape index (κ2) is 8.61. The van der Waals surface area contributed by atoms with Crippen LogP contribution in [0.5, 0.6) is 0 Å². The van der Waals surface area contributed by atoms with Crippen molar-refractivity contribution >= 4 is 12.2 Å². The number of hydrogen-bond donors (Lipinski definition) is 0. The van der Waals surface area contributed by atoms with Crippen LogP contribution in [0.15, 0.2) is 91.0 Å². The molecule has 6 aromatic rings. The molecule has 5 nitrogen and oxygen atoms in total. The van der Waals surface area contributed by atoms with Crippen molar-refractivity contribution in [3.05, 3.63) is 124 Å². The van der Waals surface area contributed by atoms with Crippen LogP contribution in [-0.2, 0) is 0 Å². The van der Waals surface area contributed by atoms with Crippen molar-refractivity contribution in [2.45, 2.75) is 13.8 Å². The monoisotopic (exact) mass is 513 g/mol. The molecule has 0 saturated heterocycles. The van der Waals surface area contributed by atoms with Gasteiger partial charge in [-0.2, -0.15) is 10.2 Å². The van der Waals surface area contributed by atoms with Gasteiger partial charge in [0.1, 0.15) is 11.4 Å². The van der Waals surface area contributed by atoms with Gasteiger partial charge in [0.2, 0.25) is 0 Å². The average molecular weight is 514 g/mol. The summed E-state index contributed by atoms with van der Waals surface area (Å²) in [7, 11) is 0. The second-order valence-electron chi connectivity index (χ2n) is 10.3. The summed E-state index contributed by atoms with van der Waals surface area (Å²) in [4.78, 5) is 0. The predicted octanol–water partition coefficient (Wildman–Crippen LogP) is 5.90. The molecule has 8 rings (SSSR count). The highest BCUT2D eigenvalue weighted by atomic mass is 15.3. The van der Waals surface area contributed by atoms with Crippen LogP contribution in [0.25, 0.3) is 68.0 Å². The summed E-state index contributed by atoms with van der Waals surface area (Å²) in [5.41, 5.74) is 14.5. The molecule has 0 radical (unpaired) electrons. The molecule has 0 fully saturated rings. The van der Waals surface area contributed by atoms with Gasteiger partial charge < -0.3 is 0 Å². The first-order valence-corrected chi connectivity index (χ1v) is 13.4. The molecule has 2 aromatic heterocycles. The zero-order valence-electron chi connectivity index (χ0n) is 22.1. The summed E-state index contributed by atoms with van der Waals surface area (Å²) >= 11 is 0. The highest BCUT2D eigenvalue weighted by Crippen LogP contribution is 2.43. The average Bonchev–Trinajstić information content (AvgIpc) is 3.58. The number of aryl methyl sites for hydroxylation is 1. The van der Waals surface area contributed by atoms with Gasteiger partial charge in [-0.1, -0.05) is 84.9 Å². The Morgan fingerprint density at radius 1 is 0.500 bits per heavy atom. The van der Waals surface area contributed by atoms with E-state index >= 15 is 0 Å². The van der Waals surface area contributed by atoms with Crippen LogP contribution >= 0.6 is 0 Å². The van der Waals surface area contributed by atoms with Gasteiger partial charge in [0.05, 0.1) is 11.4 Å². The minimum atomic E-state index is 0.804. The molecule has 0 atom stereocenters. The van der Waals surface area contributed by atoms with Crippen molar-refractivity contribution in [3.8, 4) is 55.9 Å². The minimum Gasteiger partial charge on any atom is -0.155 e. The Labute approximate surface area is 231 Å². The maximum absolute atomic E-state index is 4.77. The fourth-order valence-electron chi connectivity index (χ4n) is 6.10. The fraction of sp³-hybridized carbons (Fsp3) is 0.0571. The van der Waals surface area contributed by atoms with Gasteiger partial charge >= 0.3 is 0 Å². The van der Waals surface area contributed by atoms with Crippen LogP contribution in [0.2, 0.25) is 0 Å². The lowest BCUT2D eigenvalue weighted by Gasteiger charge is -2.17.